The molecule has 0 saturated carbocycles. The zero-order chi connectivity index (χ0) is 14.8. The van der Waals surface area contributed by atoms with Crippen LogP contribution in [0.15, 0.2) is 29.3 Å². The highest BCUT2D eigenvalue weighted by Gasteiger charge is 2.21. The van der Waals surface area contributed by atoms with E-state index < -0.39 is 14.9 Å². The summed E-state index contributed by atoms with van der Waals surface area (Å²) in [6.45, 7) is 0. The fourth-order valence-corrected chi connectivity index (χ4v) is 3.34. The van der Waals surface area contributed by atoms with Gasteiger partial charge in [-0.2, -0.15) is 0 Å². The maximum Gasteiger partial charge on any atom is 0.271 e. The smallest absolute Gasteiger partial charge is 0.271 e. The van der Waals surface area contributed by atoms with Gasteiger partial charge in [0.2, 0.25) is 0 Å². The molecule has 0 saturated heterocycles. The second-order valence-corrected chi connectivity index (χ2v) is 6.01. The number of sulfonamides is 1. The number of nitro groups is 1. The molecule has 11 heteroatoms. The summed E-state index contributed by atoms with van der Waals surface area (Å²) in [7, 11) is -2.39. The molecular weight excluding hydrogens is 306 g/mol. The predicted molar refractivity (Wildman–Crippen MR) is 73.4 cm³/mol. The van der Waals surface area contributed by atoms with E-state index in [2.05, 4.69) is 19.6 Å². The van der Waals surface area contributed by atoms with Gasteiger partial charge in [0.25, 0.3) is 15.7 Å². The van der Waals surface area contributed by atoms with Gasteiger partial charge in [-0.1, -0.05) is 4.49 Å². The number of hydrogen-bond acceptors (Lipinski definition) is 8. The average molecular weight is 315 g/mol. The third-order valence-corrected chi connectivity index (χ3v) is 4.46. The Hall–Kier alpha value is -2.27. The Balaban J connectivity index is 2.43. The molecule has 2 rings (SSSR count). The fourth-order valence-electron chi connectivity index (χ4n) is 1.46. The van der Waals surface area contributed by atoms with Gasteiger partial charge in [0.05, 0.1) is 16.8 Å². The topological polar surface area (TPSA) is 127 Å². The van der Waals surface area contributed by atoms with Crippen molar-refractivity contribution < 1.29 is 13.3 Å². The van der Waals surface area contributed by atoms with Crippen LogP contribution in [-0.2, 0) is 10.0 Å². The maximum absolute atomic E-state index is 12.2. The minimum absolute atomic E-state index is 0.0981. The van der Waals surface area contributed by atoms with E-state index in [4.69, 9.17) is 0 Å². The summed E-state index contributed by atoms with van der Waals surface area (Å²) < 4.78 is 30.2. The normalized spacial score (nSPS) is 11.1. The number of benzene rings is 1. The van der Waals surface area contributed by atoms with Crippen molar-refractivity contribution in [2.24, 2.45) is 0 Å². The lowest BCUT2D eigenvalue weighted by molar-refractivity contribution is -0.384. The summed E-state index contributed by atoms with van der Waals surface area (Å²) >= 11 is 0.886. The number of nitrogens with one attached hydrogen (secondary N) is 2. The SMILES string of the molecule is CNc1cc([N+](=O)[O-])ccc1S(=O)(=O)Nc1cnns1. The molecule has 0 amide bonds. The van der Waals surface area contributed by atoms with E-state index in [1.807, 2.05) is 0 Å². The van der Waals surface area contributed by atoms with Crippen LogP contribution < -0.4 is 10.0 Å². The molecule has 0 bridgehead atoms. The first-order valence-electron chi connectivity index (χ1n) is 5.20. The zero-order valence-corrected chi connectivity index (χ0v) is 11.7. The second-order valence-electron chi connectivity index (χ2n) is 3.57. The van der Waals surface area contributed by atoms with Gasteiger partial charge in [-0.05, 0) is 6.07 Å². The number of hydrogen-bond donors (Lipinski definition) is 2. The quantitative estimate of drug-likeness (QED) is 0.628. The van der Waals surface area contributed by atoms with Gasteiger partial charge in [0, 0.05) is 30.7 Å². The molecule has 2 N–H and O–H groups in total. The largest absolute Gasteiger partial charge is 0.387 e. The Morgan fingerprint density at radius 3 is 2.70 bits per heavy atom. The fraction of sp³-hybridized carbons (Fsp3) is 0.111. The van der Waals surface area contributed by atoms with Crippen LogP contribution in [0.5, 0.6) is 0 Å². The van der Waals surface area contributed by atoms with Crippen molar-refractivity contribution in [1.82, 2.24) is 9.59 Å². The molecule has 1 aromatic carbocycles. The third kappa shape index (κ3) is 2.83. The first-order chi connectivity index (χ1) is 9.44. The highest BCUT2D eigenvalue weighted by atomic mass is 32.2. The van der Waals surface area contributed by atoms with E-state index in [1.165, 1.54) is 19.3 Å². The molecule has 20 heavy (non-hydrogen) atoms. The van der Waals surface area contributed by atoms with Crippen LogP contribution in [0.1, 0.15) is 0 Å². The number of non-ortho nitro benzene ring substituents is 1. The van der Waals surface area contributed by atoms with E-state index in [0.29, 0.717) is 0 Å². The van der Waals surface area contributed by atoms with Crippen molar-refractivity contribution in [2.45, 2.75) is 4.90 Å². The summed E-state index contributed by atoms with van der Waals surface area (Å²) in [5.41, 5.74) is -0.0723. The monoisotopic (exact) mass is 315 g/mol. The minimum Gasteiger partial charge on any atom is -0.387 e. The summed E-state index contributed by atoms with van der Waals surface area (Å²) in [6, 6.07) is 3.45. The maximum atomic E-state index is 12.2. The third-order valence-electron chi connectivity index (χ3n) is 2.33. The molecule has 9 nitrogen and oxygen atoms in total. The van der Waals surface area contributed by atoms with Crippen LogP contribution in [0.25, 0.3) is 0 Å². The highest BCUT2D eigenvalue weighted by molar-refractivity contribution is 7.93. The Labute approximate surface area is 118 Å². The number of nitro benzene ring substituents is 1. The van der Waals surface area contributed by atoms with Crippen molar-refractivity contribution in [3.63, 3.8) is 0 Å². The summed E-state index contributed by atoms with van der Waals surface area (Å²) in [5, 5.41) is 17.1. The number of rotatable bonds is 5. The molecule has 0 radical (unpaired) electrons. The molecule has 1 heterocycles. The van der Waals surface area contributed by atoms with E-state index in [0.717, 1.165) is 23.7 Å². The van der Waals surface area contributed by atoms with E-state index >= 15 is 0 Å². The molecule has 0 aliphatic rings. The predicted octanol–water partition coefficient (Wildman–Crippen LogP) is 1.29. The van der Waals surface area contributed by atoms with Crippen LogP contribution in [0.2, 0.25) is 0 Å². The molecule has 1 aromatic heterocycles. The van der Waals surface area contributed by atoms with Crippen molar-refractivity contribution in [2.75, 3.05) is 17.1 Å². The lowest BCUT2D eigenvalue weighted by Crippen LogP contribution is -2.14. The van der Waals surface area contributed by atoms with Crippen LogP contribution in [0.4, 0.5) is 16.4 Å². The lowest BCUT2D eigenvalue weighted by atomic mass is 10.3. The van der Waals surface area contributed by atoms with Crippen molar-refractivity contribution in [3.8, 4) is 0 Å². The second kappa shape index (κ2) is 5.38. The Bertz CT molecular complexity index is 729. The molecule has 0 atom stereocenters. The van der Waals surface area contributed by atoms with Gasteiger partial charge in [-0.15, -0.1) is 5.10 Å². The highest BCUT2D eigenvalue weighted by Crippen LogP contribution is 2.28. The van der Waals surface area contributed by atoms with Crippen LogP contribution in [-0.4, -0.2) is 30.0 Å². The number of aromatic nitrogens is 2. The Morgan fingerprint density at radius 1 is 1.40 bits per heavy atom. The molecule has 0 spiro atoms. The number of anilines is 2. The Kier molecular flexibility index (Phi) is 3.81. The molecule has 0 unspecified atom stereocenters. The molecule has 0 fully saturated rings. The Morgan fingerprint density at radius 2 is 2.15 bits per heavy atom. The van der Waals surface area contributed by atoms with Gasteiger partial charge < -0.3 is 5.32 Å². The summed E-state index contributed by atoms with van der Waals surface area (Å²) in [6.07, 6.45) is 1.27. The summed E-state index contributed by atoms with van der Waals surface area (Å²) in [5.74, 6) is 0. The van der Waals surface area contributed by atoms with Crippen molar-refractivity contribution in [1.29, 1.82) is 0 Å². The van der Waals surface area contributed by atoms with Crippen LogP contribution in [0.3, 0.4) is 0 Å². The first-order valence-corrected chi connectivity index (χ1v) is 7.46. The van der Waals surface area contributed by atoms with Gasteiger partial charge in [0.15, 0.2) is 0 Å². The van der Waals surface area contributed by atoms with E-state index in [1.54, 1.807) is 0 Å². The van der Waals surface area contributed by atoms with Gasteiger partial charge >= 0.3 is 0 Å². The van der Waals surface area contributed by atoms with E-state index in [9.17, 15) is 18.5 Å². The molecule has 2 aromatic rings. The molecule has 106 valence electrons. The van der Waals surface area contributed by atoms with Gasteiger partial charge in [-0.25, -0.2) is 8.42 Å². The first kappa shape index (κ1) is 14.1. The molecule has 0 aliphatic heterocycles. The average Bonchev–Trinajstić information content (AvgIpc) is 2.89. The number of nitrogens with zero attached hydrogens (tertiary/aromatic N) is 3. The minimum atomic E-state index is -3.87. The van der Waals surface area contributed by atoms with Gasteiger partial charge in [0.1, 0.15) is 9.90 Å². The zero-order valence-electron chi connectivity index (χ0n) is 10.1. The van der Waals surface area contributed by atoms with Crippen LogP contribution >= 0.6 is 11.5 Å². The van der Waals surface area contributed by atoms with Crippen LogP contribution in [0, 0.1) is 10.1 Å². The standard InChI is InChI=1S/C9H9N5O4S2/c1-10-7-4-6(14(15)16)2-3-8(7)20(17,18)12-9-5-11-13-19-9/h2-5,10,12H,1H3. The van der Waals surface area contributed by atoms with Crippen molar-refractivity contribution >= 4 is 37.9 Å². The van der Waals surface area contributed by atoms with Gasteiger partial charge in [-0.3, -0.25) is 14.8 Å². The van der Waals surface area contributed by atoms with Crippen molar-refractivity contribution in [3.05, 3.63) is 34.5 Å². The summed E-state index contributed by atoms with van der Waals surface area (Å²) in [4.78, 5) is 9.99. The van der Waals surface area contributed by atoms with E-state index in [-0.39, 0.29) is 21.3 Å². The molecule has 0 aliphatic carbocycles. The molecular formula is C9H9N5O4S2. The lowest BCUT2D eigenvalue weighted by Gasteiger charge is -2.10.